The Hall–Kier alpha value is -2.41. The van der Waals surface area contributed by atoms with Crippen molar-refractivity contribution in [3.63, 3.8) is 0 Å². The van der Waals surface area contributed by atoms with Crippen LogP contribution in [0.1, 0.15) is 40.7 Å². The minimum atomic E-state index is -0.0103. The first kappa shape index (κ1) is 16.1. The summed E-state index contributed by atoms with van der Waals surface area (Å²) in [6.07, 6.45) is 3.56. The summed E-state index contributed by atoms with van der Waals surface area (Å²) in [5.41, 5.74) is 1.45. The lowest BCUT2D eigenvalue weighted by Gasteiger charge is -2.28. The molecule has 4 rings (SSSR count). The highest BCUT2D eigenvalue weighted by molar-refractivity contribution is 5.94. The van der Waals surface area contributed by atoms with E-state index in [1.54, 1.807) is 6.20 Å². The van der Waals surface area contributed by atoms with Crippen LogP contribution >= 0.6 is 0 Å². The van der Waals surface area contributed by atoms with Gasteiger partial charge >= 0.3 is 0 Å². The summed E-state index contributed by atoms with van der Waals surface area (Å²) in [7, 11) is 0. The van der Waals surface area contributed by atoms with Gasteiger partial charge in [0.1, 0.15) is 17.3 Å². The first-order valence-electron chi connectivity index (χ1n) is 8.75. The molecule has 1 atom stereocenters. The van der Waals surface area contributed by atoms with Crippen LogP contribution in [0, 0.1) is 6.92 Å². The van der Waals surface area contributed by atoms with Crippen molar-refractivity contribution in [3.05, 3.63) is 41.4 Å². The van der Waals surface area contributed by atoms with Crippen molar-refractivity contribution >= 4 is 11.7 Å². The van der Waals surface area contributed by atoms with Crippen molar-refractivity contribution in [1.29, 1.82) is 0 Å². The van der Waals surface area contributed by atoms with Crippen LogP contribution in [0.5, 0.6) is 0 Å². The molecule has 0 bridgehead atoms. The Labute approximate surface area is 146 Å². The zero-order chi connectivity index (χ0) is 17.2. The number of anilines is 1. The number of carbonyl (C=O) groups is 1. The Morgan fingerprint density at radius 3 is 2.76 bits per heavy atom. The highest BCUT2D eigenvalue weighted by Crippen LogP contribution is 2.32. The molecule has 0 aromatic carbocycles. The van der Waals surface area contributed by atoms with Gasteiger partial charge in [0.25, 0.3) is 5.91 Å². The largest absolute Gasteiger partial charge is 0.378 e. The van der Waals surface area contributed by atoms with E-state index in [1.807, 2.05) is 30.0 Å². The van der Waals surface area contributed by atoms with Gasteiger partial charge < -0.3 is 19.1 Å². The Morgan fingerprint density at radius 1 is 1.24 bits per heavy atom. The second-order valence-corrected chi connectivity index (χ2v) is 6.52. The number of morpholine rings is 1. The third-order valence-corrected chi connectivity index (χ3v) is 4.83. The number of amides is 1. The maximum atomic E-state index is 12.9. The molecule has 1 amide bonds. The summed E-state index contributed by atoms with van der Waals surface area (Å²) < 4.78 is 10.5. The lowest BCUT2D eigenvalue weighted by atomic mass is 10.1. The lowest BCUT2D eigenvalue weighted by Crippen LogP contribution is -2.36. The summed E-state index contributed by atoms with van der Waals surface area (Å²) in [5.74, 6) is 1.67. The molecule has 2 aliphatic heterocycles. The van der Waals surface area contributed by atoms with Gasteiger partial charge in [-0.25, -0.2) is 4.98 Å². The number of rotatable bonds is 3. The summed E-state index contributed by atoms with van der Waals surface area (Å²) >= 11 is 0. The molecule has 132 valence electrons. The number of carbonyl (C=O) groups excluding carboxylic acids is 1. The van der Waals surface area contributed by atoms with Gasteiger partial charge in [0, 0.05) is 31.9 Å². The van der Waals surface area contributed by atoms with Gasteiger partial charge in [0.2, 0.25) is 0 Å². The zero-order valence-corrected chi connectivity index (χ0v) is 14.4. The number of nitrogens with zero attached hydrogens (tertiary/aromatic N) is 4. The van der Waals surface area contributed by atoms with Crippen molar-refractivity contribution in [1.82, 2.24) is 15.0 Å². The SMILES string of the molecule is Cc1cc([C@@H]2CCCN2C(=O)c2ccc(N3CCOCC3)nc2)no1. The molecule has 0 radical (unpaired) electrons. The molecule has 2 saturated heterocycles. The molecule has 7 nitrogen and oxygen atoms in total. The van der Waals surface area contributed by atoms with Crippen LogP contribution in [0.2, 0.25) is 0 Å². The fraction of sp³-hybridized carbons (Fsp3) is 0.500. The van der Waals surface area contributed by atoms with Crippen molar-refractivity contribution in [2.45, 2.75) is 25.8 Å². The van der Waals surface area contributed by atoms with Crippen molar-refractivity contribution in [2.24, 2.45) is 0 Å². The fourth-order valence-corrected chi connectivity index (χ4v) is 3.52. The van der Waals surface area contributed by atoms with Gasteiger partial charge in [-0.05, 0) is 31.9 Å². The predicted octanol–water partition coefficient (Wildman–Crippen LogP) is 2.19. The lowest BCUT2D eigenvalue weighted by molar-refractivity contribution is 0.0730. The molecule has 2 fully saturated rings. The fourth-order valence-electron chi connectivity index (χ4n) is 3.52. The van der Waals surface area contributed by atoms with Crippen LogP contribution < -0.4 is 4.90 Å². The van der Waals surface area contributed by atoms with E-state index in [2.05, 4.69) is 15.0 Å². The molecule has 2 aromatic rings. The minimum Gasteiger partial charge on any atom is -0.378 e. The quantitative estimate of drug-likeness (QED) is 0.851. The van der Waals surface area contributed by atoms with E-state index in [1.165, 1.54) is 0 Å². The standard InChI is InChI=1S/C18H22N4O3/c1-13-11-15(20-25-13)16-3-2-6-22(16)18(23)14-4-5-17(19-12-14)21-7-9-24-10-8-21/h4-5,11-12,16H,2-3,6-10H2,1H3/t16-/m0/s1. The molecule has 0 unspecified atom stereocenters. The van der Waals surface area contributed by atoms with Crippen LogP contribution in [0.15, 0.2) is 28.9 Å². The molecule has 0 saturated carbocycles. The van der Waals surface area contributed by atoms with Crippen molar-refractivity contribution in [3.8, 4) is 0 Å². The Balaban J connectivity index is 1.50. The molecule has 2 aliphatic rings. The minimum absolute atomic E-state index is 0.00387. The molecule has 7 heteroatoms. The van der Waals surface area contributed by atoms with Gasteiger partial charge in [-0.2, -0.15) is 0 Å². The molecule has 25 heavy (non-hydrogen) atoms. The van der Waals surface area contributed by atoms with Gasteiger partial charge in [-0.1, -0.05) is 5.16 Å². The van der Waals surface area contributed by atoms with E-state index < -0.39 is 0 Å². The number of ether oxygens (including phenoxy) is 1. The molecule has 2 aromatic heterocycles. The van der Waals surface area contributed by atoms with Gasteiger partial charge in [-0.15, -0.1) is 0 Å². The Morgan fingerprint density at radius 2 is 2.08 bits per heavy atom. The van der Waals surface area contributed by atoms with Crippen LogP contribution in [0.4, 0.5) is 5.82 Å². The summed E-state index contributed by atoms with van der Waals surface area (Å²) in [4.78, 5) is 21.5. The first-order chi connectivity index (χ1) is 12.2. The van der Waals surface area contributed by atoms with E-state index in [9.17, 15) is 4.79 Å². The van der Waals surface area contributed by atoms with Gasteiger partial charge in [0.15, 0.2) is 0 Å². The summed E-state index contributed by atoms with van der Waals surface area (Å²) in [6.45, 7) is 5.70. The second-order valence-electron chi connectivity index (χ2n) is 6.52. The topological polar surface area (TPSA) is 71.7 Å². The Kier molecular flexibility index (Phi) is 4.40. The first-order valence-corrected chi connectivity index (χ1v) is 8.75. The molecular formula is C18H22N4O3. The van der Waals surface area contributed by atoms with Gasteiger partial charge in [0.05, 0.1) is 24.8 Å². The van der Waals surface area contributed by atoms with Crippen LogP contribution in [-0.4, -0.2) is 53.8 Å². The number of likely N-dealkylation sites (tertiary alicyclic amines) is 1. The number of aryl methyl sites for hydroxylation is 1. The van der Waals surface area contributed by atoms with Crippen LogP contribution in [0.25, 0.3) is 0 Å². The number of hydrogen-bond donors (Lipinski definition) is 0. The number of pyridine rings is 1. The highest BCUT2D eigenvalue weighted by Gasteiger charge is 2.32. The zero-order valence-electron chi connectivity index (χ0n) is 14.4. The van der Waals surface area contributed by atoms with Crippen molar-refractivity contribution in [2.75, 3.05) is 37.7 Å². The molecular weight excluding hydrogens is 320 g/mol. The Bertz CT molecular complexity index is 737. The average molecular weight is 342 g/mol. The predicted molar refractivity (Wildman–Crippen MR) is 91.5 cm³/mol. The van der Waals surface area contributed by atoms with E-state index >= 15 is 0 Å². The third-order valence-electron chi connectivity index (χ3n) is 4.83. The summed E-state index contributed by atoms with van der Waals surface area (Å²) in [5, 5.41) is 4.10. The molecule has 0 N–H and O–H groups in total. The smallest absolute Gasteiger partial charge is 0.255 e. The monoisotopic (exact) mass is 342 g/mol. The number of aromatic nitrogens is 2. The second kappa shape index (κ2) is 6.84. The number of hydrogen-bond acceptors (Lipinski definition) is 6. The normalized spacial score (nSPS) is 20.9. The maximum absolute atomic E-state index is 12.9. The molecule has 0 aliphatic carbocycles. The van der Waals surface area contributed by atoms with Gasteiger partial charge in [-0.3, -0.25) is 4.79 Å². The summed E-state index contributed by atoms with van der Waals surface area (Å²) in [6, 6.07) is 5.69. The highest BCUT2D eigenvalue weighted by atomic mass is 16.5. The van der Waals surface area contributed by atoms with E-state index in [0.29, 0.717) is 5.56 Å². The molecule has 4 heterocycles. The molecule has 0 spiro atoms. The van der Waals surface area contributed by atoms with E-state index in [4.69, 9.17) is 9.26 Å². The van der Waals surface area contributed by atoms with Crippen LogP contribution in [0.3, 0.4) is 0 Å². The van der Waals surface area contributed by atoms with E-state index in [-0.39, 0.29) is 11.9 Å². The van der Waals surface area contributed by atoms with Crippen molar-refractivity contribution < 1.29 is 14.1 Å². The average Bonchev–Trinajstić information content (AvgIpc) is 3.31. The third kappa shape index (κ3) is 3.24. The maximum Gasteiger partial charge on any atom is 0.255 e. The van der Waals surface area contributed by atoms with Crippen LogP contribution in [-0.2, 0) is 4.74 Å². The van der Waals surface area contributed by atoms with E-state index in [0.717, 1.165) is 63.0 Å².